The van der Waals surface area contributed by atoms with Gasteiger partial charge in [-0.3, -0.25) is 9.55 Å². The van der Waals surface area contributed by atoms with Gasteiger partial charge in [0, 0.05) is 0 Å². The van der Waals surface area contributed by atoms with Crippen molar-refractivity contribution in [2.75, 3.05) is 12.8 Å². The summed E-state index contributed by atoms with van der Waals surface area (Å²) in [4.78, 5) is 25.0. The summed E-state index contributed by atoms with van der Waals surface area (Å²) in [5, 5.41) is 9.04. The molecule has 1 heterocycles. The number of rotatable bonds is 4. The minimum absolute atomic E-state index is 0.123. The maximum Gasteiger partial charge on any atom is 0.356 e. The predicted molar refractivity (Wildman–Crippen MR) is 68.5 cm³/mol. The molecule has 0 saturated heterocycles. The zero-order valence-corrected chi connectivity index (χ0v) is 10.2. The second-order valence-electron chi connectivity index (χ2n) is 3.93. The number of benzene rings is 1. The van der Waals surface area contributed by atoms with E-state index in [2.05, 4.69) is 4.98 Å². The van der Waals surface area contributed by atoms with E-state index in [0.29, 0.717) is 5.75 Å². The molecule has 4 N–H and O–H groups in total. The Morgan fingerprint density at radius 2 is 2.05 bits per heavy atom. The molecule has 1 aromatic carbocycles. The quantitative estimate of drug-likeness (QED) is 0.744. The van der Waals surface area contributed by atoms with Gasteiger partial charge in [0.25, 0.3) is 0 Å². The number of carboxylic acids is 1. The number of nitrogens with two attached hydrogens (primary N) is 1. The lowest BCUT2D eigenvalue weighted by atomic mass is 10.2. The minimum atomic E-state index is -1.25. The smallest absolute Gasteiger partial charge is 0.356 e. The van der Waals surface area contributed by atoms with Crippen molar-refractivity contribution in [3.05, 3.63) is 46.0 Å². The van der Waals surface area contributed by atoms with E-state index in [4.69, 9.17) is 15.6 Å². The monoisotopic (exact) mass is 263 g/mol. The first-order chi connectivity index (χ1) is 9.02. The molecule has 0 bridgehead atoms. The number of nitrogens with one attached hydrogen (secondary N) is 1. The molecular formula is C12H13N3O4. The van der Waals surface area contributed by atoms with Crippen LogP contribution in [-0.4, -0.2) is 27.7 Å². The summed E-state index contributed by atoms with van der Waals surface area (Å²) in [7, 11) is 1.55. The molecule has 7 heteroatoms. The first-order valence-corrected chi connectivity index (χ1v) is 5.47. The summed E-state index contributed by atoms with van der Waals surface area (Å²) in [6.45, 7) is 0.123. The van der Waals surface area contributed by atoms with Crippen molar-refractivity contribution in [3.8, 4) is 5.75 Å². The SMILES string of the molecule is COc1ccc(Cn2c(C(=O)O)c(N)[nH]c2=O)cc1. The number of nitrogen functional groups attached to an aromatic ring is 1. The Morgan fingerprint density at radius 1 is 1.42 bits per heavy atom. The average Bonchev–Trinajstić information content (AvgIpc) is 2.65. The van der Waals surface area contributed by atoms with E-state index >= 15 is 0 Å². The average molecular weight is 263 g/mol. The number of methoxy groups -OCH3 is 1. The highest BCUT2D eigenvalue weighted by atomic mass is 16.5. The lowest BCUT2D eigenvalue weighted by molar-refractivity contribution is 0.0686. The van der Waals surface area contributed by atoms with Crippen molar-refractivity contribution in [1.82, 2.24) is 9.55 Å². The fourth-order valence-corrected chi connectivity index (χ4v) is 1.78. The van der Waals surface area contributed by atoms with Crippen molar-refractivity contribution in [1.29, 1.82) is 0 Å². The third-order valence-electron chi connectivity index (χ3n) is 2.71. The van der Waals surface area contributed by atoms with E-state index in [1.807, 2.05) is 0 Å². The number of H-pyrrole nitrogens is 1. The molecule has 7 nitrogen and oxygen atoms in total. The molecule has 0 unspecified atom stereocenters. The highest BCUT2D eigenvalue weighted by Crippen LogP contribution is 2.14. The molecule has 2 aromatic rings. The molecule has 19 heavy (non-hydrogen) atoms. The number of imidazole rings is 1. The molecule has 0 spiro atoms. The molecule has 100 valence electrons. The van der Waals surface area contributed by atoms with Crippen LogP contribution in [0, 0.1) is 0 Å². The number of carbonyl (C=O) groups is 1. The van der Waals surface area contributed by atoms with Gasteiger partial charge in [0.05, 0.1) is 13.7 Å². The van der Waals surface area contributed by atoms with E-state index in [0.717, 1.165) is 10.1 Å². The van der Waals surface area contributed by atoms with E-state index in [1.165, 1.54) is 0 Å². The number of aromatic carboxylic acids is 1. The standard InChI is InChI=1S/C12H13N3O4/c1-19-8-4-2-7(3-5-8)6-15-9(11(16)17)10(13)14-12(15)18/h2-5H,6,13H2,1H3,(H,14,18)(H,16,17). The largest absolute Gasteiger partial charge is 0.497 e. The molecule has 1 aromatic heterocycles. The lowest BCUT2D eigenvalue weighted by Crippen LogP contribution is -2.21. The molecule has 0 aliphatic carbocycles. The van der Waals surface area contributed by atoms with E-state index in [9.17, 15) is 9.59 Å². The van der Waals surface area contributed by atoms with Crippen LogP contribution < -0.4 is 16.2 Å². The van der Waals surface area contributed by atoms with E-state index < -0.39 is 11.7 Å². The molecular weight excluding hydrogens is 250 g/mol. The van der Waals surface area contributed by atoms with E-state index in [-0.39, 0.29) is 18.1 Å². The number of anilines is 1. The number of hydrogen-bond acceptors (Lipinski definition) is 4. The number of carboxylic acid groups (broad SMARTS) is 1. The Hall–Kier alpha value is -2.70. The minimum Gasteiger partial charge on any atom is -0.497 e. The number of nitrogens with zero attached hydrogens (tertiary/aromatic N) is 1. The summed E-state index contributed by atoms with van der Waals surface area (Å²) in [5.74, 6) is -0.710. The number of hydrogen-bond donors (Lipinski definition) is 3. The Labute approximate surface area is 108 Å². The molecule has 0 fully saturated rings. The van der Waals surface area contributed by atoms with Crippen LogP contribution >= 0.6 is 0 Å². The normalized spacial score (nSPS) is 10.4. The summed E-state index contributed by atoms with van der Waals surface area (Å²) in [5.41, 5.74) is 5.45. The maximum absolute atomic E-state index is 11.6. The van der Waals surface area contributed by atoms with Crippen LogP contribution in [0.25, 0.3) is 0 Å². The van der Waals surface area contributed by atoms with Gasteiger partial charge in [0.1, 0.15) is 11.6 Å². The van der Waals surface area contributed by atoms with Crippen LogP contribution in [0.2, 0.25) is 0 Å². The Bertz CT molecular complexity index is 655. The second kappa shape index (κ2) is 4.89. The third-order valence-corrected chi connectivity index (χ3v) is 2.71. The van der Waals surface area contributed by atoms with Crippen molar-refractivity contribution in [2.45, 2.75) is 6.54 Å². The highest BCUT2D eigenvalue weighted by Gasteiger charge is 2.18. The second-order valence-corrected chi connectivity index (χ2v) is 3.93. The Balaban J connectivity index is 2.37. The summed E-state index contributed by atoms with van der Waals surface area (Å²) >= 11 is 0. The van der Waals surface area contributed by atoms with Crippen LogP contribution in [0.3, 0.4) is 0 Å². The zero-order valence-electron chi connectivity index (χ0n) is 10.2. The van der Waals surface area contributed by atoms with Gasteiger partial charge in [0.15, 0.2) is 5.69 Å². The van der Waals surface area contributed by atoms with Gasteiger partial charge in [-0.1, -0.05) is 12.1 Å². The zero-order chi connectivity index (χ0) is 14.0. The Morgan fingerprint density at radius 3 is 2.58 bits per heavy atom. The topological polar surface area (TPSA) is 110 Å². The third kappa shape index (κ3) is 2.44. The van der Waals surface area contributed by atoms with Gasteiger partial charge >= 0.3 is 11.7 Å². The van der Waals surface area contributed by atoms with Gasteiger partial charge in [-0.15, -0.1) is 0 Å². The fraction of sp³-hybridized carbons (Fsp3) is 0.167. The molecule has 0 aliphatic heterocycles. The first-order valence-electron chi connectivity index (χ1n) is 5.47. The van der Waals surface area contributed by atoms with Crippen molar-refractivity contribution in [2.24, 2.45) is 0 Å². The van der Waals surface area contributed by atoms with Crippen molar-refractivity contribution < 1.29 is 14.6 Å². The van der Waals surface area contributed by atoms with Crippen molar-refractivity contribution >= 4 is 11.8 Å². The number of aromatic amines is 1. The van der Waals surface area contributed by atoms with Gasteiger partial charge in [-0.05, 0) is 17.7 Å². The summed E-state index contributed by atoms with van der Waals surface area (Å²) in [6.07, 6.45) is 0. The Kier molecular flexibility index (Phi) is 3.28. The van der Waals surface area contributed by atoms with E-state index in [1.54, 1.807) is 31.4 Å². The van der Waals surface area contributed by atoms with Gasteiger partial charge < -0.3 is 15.6 Å². The van der Waals surface area contributed by atoms with Crippen LogP contribution in [-0.2, 0) is 6.54 Å². The van der Waals surface area contributed by atoms with Crippen LogP contribution in [0.1, 0.15) is 16.1 Å². The summed E-state index contributed by atoms with van der Waals surface area (Å²) in [6, 6.07) is 6.97. The molecule has 0 atom stereocenters. The molecule has 0 saturated carbocycles. The maximum atomic E-state index is 11.6. The van der Waals surface area contributed by atoms with Crippen LogP contribution in [0.4, 0.5) is 5.82 Å². The van der Waals surface area contributed by atoms with Crippen LogP contribution in [0.15, 0.2) is 29.1 Å². The molecule has 0 aliphatic rings. The predicted octanol–water partition coefficient (Wildman–Crippen LogP) is 0.514. The summed E-state index contributed by atoms with van der Waals surface area (Å²) < 4.78 is 6.10. The highest BCUT2D eigenvalue weighted by molar-refractivity contribution is 5.90. The fourth-order valence-electron chi connectivity index (χ4n) is 1.78. The van der Waals surface area contributed by atoms with Crippen LogP contribution in [0.5, 0.6) is 5.75 Å². The molecule has 0 amide bonds. The van der Waals surface area contributed by atoms with Gasteiger partial charge in [-0.2, -0.15) is 0 Å². The first kappa shape index (κ1) is 12.7. The number of ether oxygens (including phenoxy) is 1. The molecule has 0 radical (unpaired) electrons. The lowest BCUT2D eigenvalue weighted by Gasteiger charge is -2.06. The van der Waals surface area contributed by atoms with Gasteiger partial charge in [-0.25, -0.2) is 9.59 Å². The number of aromatic nitrogens is 2. The molecule has 2 rings (SSSR count). The van der Waals surface area contributed by atoms with Gasteiger partial charge in [0.2, 0.25) is 0 Å². The van der Waals surface area contributed by atoms with Crippen molar-refractivity contribution in [3.63, 3.8) is 0 Å².